The highest BCUT2D eigenvalue weighted by atomic mass is 16.5. The number of amides is 1. The van der Waals surface area contributed by atoms with Gasteiger partial charge in [-0.2, -0.15) is 0 Å². The molecule has 1 aliphatic rings. The van der Waals surface area contributed by atoms with Gasteiger partial charge in [0.25, 0.3) is 0 Å². The Morgan fingerprint density at radius 3 is 2.42 bits per heavy atom. The molecule has 110 valence electrons. The lowest BCUT2D eigenvalue weighted by molar-refractivity contribution is -0.147. The van der Waals surface area contributed by atoms with E-state index in [1.54, 1.807) is 21.0 Å². The quantitative estimate of drug-likeness (QED) is 0.644. The van der Waals surface area contributed by atoms with Gasteiger partial charge in [-0.05, 0) is 39.8 Å². The molecule has 3 N–H and O–H groups in total. The number of rotatable bonds is 6. The third-order valence-electron chi connectivity index (χ3n) is 3.73. The Kier molecular flexibility index (Phi) is 5.31. The van der Waals surface area contributed by atoms with Crippen molar-refractivity contribution in [2.75, 3.05) is 33.4 Å². The highest BCUT2D eigenvalue weighted by Gasteiger charge is 2.40. The summed E-state index contributed by atoms with van der Waals surface area (Å²) in [7, 11) is 1.58. The first-order chi connectivity index (χ1) is 8.84. The molecule has 0 unspecified atom stereocenters. The van der Waals surface area contributed by atoms with Gasteiger partial charge in [-0.3, -0.25) is 9.59 Å². The summed E-state index contributed by atoms with van der Waals surface area (Å²) in [5.74, 6) is -1.02. The van der Waals surface area contributed by atoms with Gasteiger partial charge in [-0.15, -0.1) is 0 Å². The molecule has 1 rings (SSSR count). The molecule has 0 spiro atoms. The molecule has 1 amide bonds. The molecule has 6 heteroatoms. The van der Waals surface area contributed by atoms with E-state index in [0.717, 1.165) is 13.1 Å². The molecule has 1 fully saturated rings. The standard InChI is InChI=1S/C13H24N2O4/c1-12(2,11(17)18)8-15-10(16)13(9-19-3)4-6-14-7-5-13/h14H,4-9H2,1-3H3,(H,15,16)(H,17,18). The van der Waals surface area contributed by atoms with Crippen molar-refractivity contribution in [1.29, 1.82) is 0 Å². The van der Waals surface area contributed by atoms with E-state index in [-0.39, 0.29) is 12.5 Å². The SMILES string of the molecule is COCC1(C(=O)NCC(C)(C)C(=O)O)CCNCC1. The van der Waals surface area contributed by atoms with Crippen LogP contribution in [0.3, 0.4) is 0 Å². The van der Waals surface area contributed by atoms with Crippen LogP contribution >= 0.6 is 0 Å². The maximum absolute atomic E-state index is 12.4. The van der Waals surface area contributed by atoms with Crippen LogP contribution in [-0.2, 0) is 14.3 Å². The Hall–Kier alpha value is -1.14. The number of carbonyl (C=O) groups excluding carboxylic acids is 1. The first kappa shape index (κ1) is 15.9. The van der Waals surface area contributed by atoms with Gasteiger partial charge in [0.1, 0.15) is 0 Å². The normalized spacial score (nSPS) is 18.9. The minimum absolute atomic E-state index is 0.106. The minimum atomic E-state index is -0.961. The molecule has 1 aliphatic heterocycles. The summed E-state index contributed by atoms with van der Waals surface area (Å²) < 4.78 is 5.18. The molecular formula is C13H24N2O4. The van der Waals surface area contributed by atoms with Crippen molar-refractivity contribution in [1.82, 2.24) is 10.6 Å². The highest BCUT2D eigenvalue weighted by molar-refractivity contribution is 5.84. The van der Waals surface area contributed by atoms with Crippen LogP contribution in [0.2, 0.25) is 0 Å². The zero-order valence-electron chi connectivity index (χ0n) is 11.9. The Morgan fingerprint density at radius 2 is 1.95 bits per heavy atom. The topological polar surface area (TPSA) is 87.7 Å². The first-order valence-electron chi connectivity index (χ1n) is 6.55. The van der Waals surface area contributed by atoms with Crippen LogP contribution in [-0.4, -0.2) is 50.3 Å². The fourth-order valence-electron chi connectivity index (χ4n) is 2.18. The number of hydrogen-bond acceptors (Lipinski definition) is 4. The number of aliphatic carboxylic acids is 1. The van der Waals surface area contributed by atoms with Crippen LogP contribution in [0.5, 0.6) is 0 Å². The molecule has 6 nitrogen and oxygen atoms in total. The van der Waals surface area contributed by atoms with E-state index in [2.05, 4.69) is 10.6 Å². The second kappa shape index (κ2) is 6.34. The van der Waals surface area contributed by atoms with Crippen LogP contribution < -0.4 is 10.6 Å². The predicted molar refractivity (Wildman–Crippen MR) is 70.8 cm³/mol. The summed E-state index contributed by atoms with van der Waals surface area (Å²) in [6.07, 6.45) is 1.42. The zero-order valence-corrected chi connectivity index (χ0v) is 11.9. The summed E-state index contributed by atoms with van der Waals surface area (Å²) in [6, 6.07) is 0. The van der Waals surface area contributed by atoms with Crippen molar-refractivity contribution in [3.63, 3.8) is 0 Å². The summed E-state index contributed by atoms with van der Waals surface area (Å²) in [4.78, 5) is 23.4. The van der Waals surface area contributed by atoms with E-state index in [1.165, 1.54) is 0 Å². The van der Waals surface area contributed by atoms with Gasteiger partial charge < -0.3 is 20.5 Å². The number of carbonyl (C=O) groups is 2. The Bertz CT molecular complexity index is 330. The van der Waals surface area contributed by atoms with Gasteiger partial charge >= 0.3 is 5.97 Å². The molecule has 19 heavy (non-hydrogen) atoms. The largest absolute Gasteiger partial charge is 0.481 e. The number of methoxy groups -OCH3 is 1. The van der Waals surface area contributed by atoms with E-state index in [0.29, 0.717) is 19.4 Å². The van der Waals surface area contributed by atoms with Crippen LogP contribution in [0, 0.1) is 10.8 Å². The van der Waals surface area contributed by atoms with Gasteiger partial charge in [0.2, 0.25) is 5.91 Å². The molecule has 0 atom stereocenters. The van der Waals surface area contributed by atoms with Crippen LogP contribution in [0.25, 0.3) is 0 Å². The molecule has 0 bridgehead atoms. The van der Waals surface area contributed by atoms with Crippen molar-refractivity contribution >= 4 is 11.9 Å². The number of piperidine rings is 1. The number of carboxylic acid groups (broad SMARTS) is 1. The number of ether oxygens (including phenoxy) is 1. The van der Waals surface area contributed by atoms with Gasteiger partial charge in [-0.25, -0.2) is 0 Å². The van der Waals surface area contributed by atoms with Crippen LogP contribution in [0.1, 0.15) is 26.7 Å². The van der Waals surface area contributed by atoms with Crippen molar-refractivity contribution < 1.29 is 19.4 Å². The smallest absolute Gasteiger partial charge is 0.310 e. The monoisotopic (exact) mass is 272 g/mol. The third kappa shape index (κ3) is 3.91. The summed E-state index contributed by atoms with van der Waals surface area (Å²) >= 11 is 0. The second-order valence-electron chi connectivity index (χ2n) is 5.84. The fraction of sp³-hybridized carbons (Fsp3) is 0.846. The minimum Gasteiger partial charge on any atom is -0.481 e. The van der Waals surface area contributed by atoms with Gasteiger partial charge in [0.15, 0.2) is 0 Å². The van der Waals surface area contributed by atoms with E-state index < -0.39 is 16.8 Å². The fourth-order valence-corrected chi connectivity index (χ4v) is 2.18. The molecule has 0 radical (unpaired) electrons. The number of carboxylic acids is 1. The molecular weight excluding hydrogens is 248 g/mol. The van der Waals surface area contributed by atoms with Gasteiger partial charge in [0.05, 0.1) is 17.4 Å². The second-order valence-corrected chi connectivity index (χ2v) is 5.84. The van der Waals surface area contributed by atoms with E-state index in [1.807, 2.05) is 0 Å². The van der Waals surface area contributed by atoms with Gasteiger partial charge in [-0.1, -0.05) is 0 Å². The lowest BCUT2D eigenvalue weighted by atomic mass is 9.78. The molecule has 0 aliphatic carbocycles. The van der Waals surface area contributed by atoms with Crippen molar-refractivity contribution in [2.24, 2.45) is 10.8 Å². The molecule has 0 aromatic carbocycles. The average Bonchev–Trinajstić information content (AvgIpc) is 2.37. The van der Waals surface area contributed by atoms with Crippen molar-refractivity contribution in [2.45, 2.75) is 26.7 Å². The van der Waals surface area contributed by atoms with E-state index in [4.69, 9.17) is 9.84 Å². The zero-order chi connectivity index (χ0) is 14.5. The van der Waals surface area contributed by atoms with Crippen molar-refractivity contribution in [3.05, 3.63) is 0 Å². The molecule has 0 saturated carbocycles. The first-order valence-corrected chi connectivity index (χ1v) is 6.55. The lowest BCUT2D eigenvalue weighted by Gasteiger charge is -2.36. The molecule has 1 saturated heterocycles. The Balaban J connectivity index is 2.65. The van der Waals surface area contributed by atoms with E-state index in [9.17, 15) is 9.59 Å². The molecule has 1 heterocycles. The van der Waals surface area contributed by atoms with Crippen LogP contribution in [0.15, 0.2) is 0 Å². The average molecular weight is 272 g/mol. The molecule has 0 aromatic heterocycles. The van der Waals surface area contributed by atoms with Crippen molar-refractivity contribution in [3.8, 4) is 0 Å². The Morgan fingerprint density at radius 1 is 1.37 bits per heavy atom. The maximum Gasteiger partial charge on any atom is 0.310 e. The van der Waals surface area contributed by atoms with Gasteiger partial charge in [0, 0.05) is 13.7 Å². The Labute approximate surface area is 113 Å². The molecule has 0 aromatic rings. The van der Waals surface area contributed by atoms with E-state index >= 15 is 0 Å². The third-order valence-corrected chi connectivity index (χ3v) is 3.73. The summed E-state index contributed by atoms with van der Waals surface area (Å²) in [5.41, 5.74) is -1.49. The van der Waals surface area contributed by atoms with Crippen LogP contribution in [0.4, 0.5) is 0 Å². The predicted octanol–water partition coefficient (Wildman–Crippen LogP) is 0.230. The summed E-state index contributed by atoms with van der Waals surface area (Å²) in [6.45, 7) is 5.24. The maximum atomic E-state index is 12.4. The number of nitrogens with one attached hydrogen (secondary N) is 2. The lowest BCUT2D eigenvalue weighted by Crippen LogP contribution is -2.52. The highest BCUT2D eigenvalue weighted by Crippen LogP contribution is 2.29. The number of hydrogen-bond donors (Lipinski definition) is 3. The summed E-state index contributed by atoms with van der Waals surface area (Å²) in [5, 5.41) is 15.0.